The Morgan fingerprint density at radius 2 is 1.81 bits per heavy atom. The first-order valence-electron chi connectivity index (χ1n) is 9.07. The van der Waals surface area contributed by atoms with E-state index in [1.54, 1.807) is 7.11 Å². The second kappa shape index (κ2) is 8.25. The lowest BCUT2D eigenvalue weighted by Gasteiger charge is -2.32. The third-order valence-electron chi connectivity index (χ3n) is 5.45. The number of piperazine rings is 1. The summed E-state index contributed by atoms with van der Waals surface area (Å²) in [4.78, 5) is 17.7. The summed E-state index contributed by atoms with van der Waals surface area (Å²) >= 11 is 0. The van der Waals surface area contributed by atoms with E-state index in [2.05, 4.69) is 10.2 Å². The van der Waals surface area contributed by atoms with Gasteiger partial charge >= 0.3 is 0 Å². The van der Waals surface area contributed by atoms with Gasteiger partial charge in [-0.25, -0.2) is 0 Å². The SMILES string of the molecule is COc1ccc(C(=O)N2CCC(N3CCNCC3)C2)c2ccccc12.Cl. The van der Waals surface area contributed by atoms with E-state index in [1.165, 1.54) is 0 Å². The van der Waals surface area contributed by atoms with E-state index >= 15 is 0 Å². The zero-order chi connectivity index (χ0) is 17.2. The number of rotatable bonds is 3. The topological polar surface area (TPSA) is 44.8 Å². The van der Waals surface area contributed by atoms with Gasteiger partial charge in [-0.15, -0.1) is 12.4 Å². The van der Waals surface area contributed by atoms with Crippen LogP contribution in [0.5, 0.6) is 5.75 Å². The van der Waals surface area contributed by atoms with Gasteiger partial charge < -0.3 is 15.0 Å². The van der Waals surface area contributed by atoms with Crippen LogP contribution in [0.2, 0.25) is 0 Å². The molecule has 0 bridgehead atoms. The summed E-state index contributed by atoms with van der Waals surface area (Å²) in [6.45, 7) is 5.93. The maximum atomic E-state index is 13.1. The second-order valence-corrected chi connectivity index (χ2v) is 6.84. The molecule has 5 nitrogen and oxygen atoms in total. The zero-order valence-electron chi connectivity index (χ0n) is 15.1. The van der Waals surface area contributed by atoms with Crippen molar-refractivity contribution in [2.45, 2.75) is 12.5 Å². The van der Waals surface area contributed by atoms with Gasteiger partial charge in [-0.05, 0) is 23.9 Å². The minimum absolute atomic E-state index is 0. The van der Waals surface area contributed by atoms with Gasteiger partial charge in [0.05, 0.1) is 7.11 Å². The molecule has 140 valence electrons. The first-order valence-corrected chi connectivity index (χ1v) is 9.07. The van der Waals surface area contributed by atoms with E-state index in [0.717, 1.165) is 67.8 Å². The van der Waals surface area contributed by atoms with Crippen molar-refractivity contribution >= 4 is 29.1 Å². The Morgan fingerprint density at radius 3 is 2.54 bits per heavy atom. The quantitative estimate of drug-likeness (QED) is 0.894. The van der Waals surface area contributed by atoms with E-state index in [0.29, 0.717) is 6.04 Å². The number of carbonyl (C=O) groups excluding carboxylic acids is 1. The first-order chi connectivity index (χ1) is 12.3. The molecule has 1 N–H and O–H groups in total. The molecule has 26 heavy (non-hydrogen) atoms. The number of benzene rings is 2. The van der Waals surface area contributed by atoms with E-state index in [1.807, 2.05) is 41.3 Å². The van der Waals surface area contributed by atoms with Crippen molar-refractivity contribution in [3.05, 3.63) is 42.0 Å². The highest BCUT2D eigenvalue weighted by Crippen LogP contribution is 2.30. The fourth-order valence-electron chi connectivity index (χ4n) is 4.08. The maximum absolute atomic E-state index is 13.1. The van der Waals surface area contributed by atoms with Gasteiger partial charge in [0.15, 0.2) is 0 Å². The summed E-state index contributed by atoms with van der Waals surface area (Å²) < 4.78 is 5.45. The molecular weight excluding hydrogens is 350 g/mol. The molecule has 2 aromatic rings. The number of nitrogens with zero attached hydrogens (tertiary/aromatic N) is 2. The van der Waals surface area contributed by atoms with Crippen molar-refractivity contribution in [3.63, 3.8) is 0 Å². The largest absolute Gasteiger partial charge is 0.496 e. The second-order valence-electron chi connectivity index (χ2n) is 6.84. The van der Waals surface area contributed by atoms with E-state index < -0.39 is 0 Å². The normalized spacial score (nSPS) is 20.8. The number of nitrogens with one attached hydrogen (secondary N) is 1. The summed E-state index contributed by atoms with van der Waals surface area (Å²) in [5, 5.41) is 5.36. The van der Waals surface area contributed by atoms with Crippen molar-refractivity contribution in [1.29, 1.82) is 0 Å². The molecule has 0 spiro atoms. The number of ether oxygens (including phenoxy) is 1. The van der Waals surface area contributed by atoms with E-state index in [-0.39, 0.29) is 18.3 Å². The Hall–Kier alpha value is -1.82. The third kappa shape index (κ3) is 3.52. The average molecular weight is 376 g/mol. The minimum atomic E-state index is 0. The molecule has 2 heterocycles. The van der Waals surface area contributed by atoms with Crippen molar-refractivity contribution < 1.29 is 9.53 Å². The standard InChI is InChI=1S/C20H25N3O2.ClH/c1-25-19-7-6-18(16-4-2-3-5-17(16)19)20(24)23-11-8-15(14-23)22-12-9-21-10-13-22;/h2-7,15,21H,8-14H2,1H3;1H. The fraction of sp³-hybridized carbons (Fsp3) is 0.450. The summed E-state index contributed by atoms with van der Waals surface area (Å²) in [5.74, 6) is 0.948. The van der Waals surface area contributed by atoms with Crippen LogP contribution in [0.4, 0.5) is 0 Å². The van der Waals surface area contributed by atoms with Gasteiger partial charge in [0.1, 0.15) is 5.75 Å². The van der Waals surface area contributed by atoms with Crippen molar-refractivity contribution in [2.75, 3.05) is 46.4 Å². The van der Waals surface area contributed by atoms with E-state index in [9.17, 15) is 4.79 Å². The van der Waals surface area contributed by atoms with Gasteiger partial charge in [-0.1, -0.05) is 24.3 Å². The lowest BCUT2D eigenvalue weighted by molar-refractivity contribution is 0.0775. The molecule has 2 aliphatic heterocycles. The summed E-state index contributed by atoms with van der Waals surface area (Å²) in [5.41, 5.74) is 0.775. The molecule has 2 fully saturated rings. The Morgan fingerprint density at radius 1 is 1.08 bits per heavy atom. The zero-order valence-corrected chi connectivity index (χ0v) is 15.9. The highest BCUT2D eigenvalue weighted by molar-refractivity contribution is 6.08. The molecule has 1 amide bonds. The molecule has 0 aromatic heterocycles. The number of hydrogen-bond acceptors (Lipinski definition) is 4. The number of likely N-dealkylation sites (tertiary alicyclic amines) is 1. The van der Waals surface area contributed by atoms with Crippen LogP contribution in [0, 0.1) is 0 Å². The van der Waals surface area contributed by atoms with Crippen LogP contribution in [0.3, 0.4) is 0 Å². The summed E-state index contributed by atoms with van der Waals surface area (Å²) in [6.07, 6.45) is 1.07. The van der Waals surface area contributed by atoms with Crippen LogP contribution in [-0.4, -0.2) is 68.1 Å². The van der Waals surface area contributed by atoms with E-state index in [4.69, 9.17) is 4.74 Å². The molecule has 1 atom stereocenters. The Kier molecular flexibility index (Phi) is 6.01. The van der Waals surface area contributed by atoms with Crippen molar-refractivity contribution in [3.8, 4) is 5.75 Å². The van der Waals surface area contributed by atoms with Crippen LogP contribution in [0.15, 0.2) is 36.4 Å². The number of methoxy groups -OCH3 is 1. The third-order valence-corrected chi connectivity index (χ3v) is 5.45. The molecule has 2 aliphatic rings. The number of carbonyl (C=O) groups is 1. The molecule has 1 unspecified atom stereocenters. The highest BCUT2D eigenvalue weighted by Gasteiger charge is 2.31. The Balaban J connectivity index is 0.00000196. The van der Waals surface area contributed by atoms with Crippen molar-refractivity contribution in [1.82, 2.24) is 15.1 Å². The summed E-state index contributed by atoms with van der Waals surface area (Å²) in [6, 6.07) is 12.3. The number of amides is 1. The van der Waals surface area contributed by atoms with Crippen LogP contribution in [-0.2, 0) is 0 Å². The maximum Gasteiger partial charge on any atom is 0.254 e. The van der Waals surface area contributed by atoms with Crippen LogP contribution in [0.25, 0.3) is 10.8 Å². The van der Waals surface area contributed by atoms with Gasteiger partial charge in [-0.3, -0.25) is 9.69 Å². The number of halogens is 1. The van der Waals surface area contributed by atoms with Crippen LogP contribution in [0.1, 0.15) is 16.8 Å². The first kappa shape index (κ1) is 19.0. The molecule has 0 saturated carbocycles. The van der Waals surface area contributed by atoms with Gasteiger partial charge in [0, 0.05) is 56.3 Å². The Bertz CT molecular complexity index is 777. The predicted octanol–water partition coefficient (Wildman–Crippen LogP) is 2.39. The molecular formula is C20H26ClN3O2. The lowest BCUT2D eigenvalue weighted by Crippen LogP contribution is -2.49. The molecule has 0 radical (unpaired) electrons. The van der Waals surface area contributed by atoms with Crippen LogP contribution < -0.4 is 10.1 Å². The molecule has 0 aliphatic carbocycles. The monoisotopic (exact) mass is 375 g/mol. The smallest absolute Gasteiger partial charge is 0.254 e. The Labute approximate surface area is 160 Å². The summed E-state index contributed by atoms with van der Waals surface area (Å²) in [7, 11) is 1.67. The van der Waals surface area contributed by atoms with Gasteiger partial charge in [-0.2, -0.15) is 0 Å². The van der Waals surface area contributed by atoms with Crippen molar-refractivity contribution in [2.24, 2.45) is 0 Å². The van der Waals surface area contributed by atoms with Gasteiger partial charge in [0.25, 0.3) is 5.91 Å². The fourth-order valence-corrected chi connectivity index (χ4v) is 4.08. The average Bonchev–Trinajstić information content (AvgIpc) is 3.17. The highest BCUT2D eigenvalue weighted by atomic mass is 35.5. The predicted molar refractivity (Wildman–Crippen MR) is 106 cm³/mol. The minimum Gasteiger partial charge on any atom is -0.496 e. The molecule has 4 rings (SSSR count). The number of hydrogen-bond donors (Lipinski definition) is 1. The van der Waals surface area contributed by atoms with Crippen LogP contribution >= 0.6 is 12.4 Å². The molecule has 6 heteroatoms. The van der Waals surface area contributed by atoms with Gasteiger partial charge in [0.2, 0.25) is 0 Å². The molecule has 2 saturated heterocycles. The molecule has 2 aromatic carbocycles. The lowest BCUT2D eigenvalue weighted by atomic mass is 10.0. The number of fused-ring (bicyclic) bond motifs is 1.